The number of hydrogen-bond donors (Lipinski definition) is 2. The third kappa shape index (κ3) is 5.80. The zero-order valence-corrected chi connectivity index (χ0v) is 13.6. The van der Waals surface area contributed by atoms with Crippen molar-refractivity contribution < 1.29 is 9.53 Å². The van der Waals surface area contributed by atoms with Gasteiger partial charge >= 0.3 is 0 Å². The molecule has 1 aliphatic carbocycles. The first-order valence-electron chi connectivity index (χ1n) is 7.89. The molecule has 0 atom stereocenters. The standard InChI is InChI=1S/C16H32N2O2/c1-13(2)5-10-18-14(19)11-20-16(12-17)8-6-15(3,4)7-9-16/h13H,5-12,17H2,1-4H3,(H,18,19). The molecule has 0 bridgehead atoms. The molecule has 1 rings (SSSR count). The van der Waals surface area contributed by atoms with Crippen LogP contribution in [0.2, 0.25) is 0 Å². The Morgan fingerprint density at radius 2 is 1.85 bits per heavy atom. The molecule has 3 N–H and O–H groups in total. The van der Waals surface area contributed by atoms with Gasteiger partial charge in [0.05, 0.1) is 5.60 Å². The van der Waals surface area contributed by atoms with Crippen molar-refractivity contribution >= 4 is 5.91 Å². The smallest absolute Gasteiger partial charge is 0.246 e. The average molecular weight is 284 g/mol. The van der Waals surface area contributed by atoms with Crippen molar-refractivity contribution in [1.82, 2.24) is 5.32 Å². The Morgan fingerprint density at radius 1 is 1.25 bits per heavy atom. The van der Waals surface area contributed by atoms with Gasteiger partial charge in [0.2, 0.25) is 5.91 Å². The van der Waals surface area contributed by atoms with Crippen LogP contribution in [0.25, 0.3) is 0 Å². The molecule has 0 spiro atoms. The van der Waals surface area contributed by atoms with Gasteiger partial charge in [-0.1, -0.05) is 27.7 Å². The zero-order valence-electron chi connectivity index (χ0n) is 13.6. The van der Waals surface area contributed by atoms with Crippen LogP contribution in [0.5, 0.6) is 0 Å². The lowest BCUT2D eigenvalue weighted by molar-refractivity contribution is -0.137. The lowest BCUT2D eigenvalue weighted by Gasteiger charge is -2.42. The predicted molar refractivity (Wildman–Crippen MR) is 82.5 cm³/mol. The molecular formula is C16H32N2O2. The highest BCUT2D eigenvalue weighted by molar-refractivity contribution is 5.77. The molecule has 4 heteroatoms. The van der Waals surface area contributed by atoms with Crippen molar-refractivity contribution in [2.75, 3.05) is 19.7 Å². The number of amides is 1. The minimum atomic E-state index is -0.287. The average Bonchev–Trinajstić information content (AvgIpc) is 2.38. The van der Waals surface area contributed by atoms with E-state index in [-0.39, 0.29) is 18.1 Å². The molecule has 0 radical (unpaired) electrons. The van der Waals surface area contributed by atoms with Gasteiger partial charge in [-0.3, -0.25) is 4.79 Å². The van der Waals surface area contributed by atoms with E-state index in [1.807, 2.05) is 0 Å². The highest BCUT2D eigenvalue weighted by Gasteiger charge is 2.38. The Labute approximate surface area is 123 Å². The highest BCUT2D eigenvalue weighted by atomic mass is 16.5. The van der Waals surface area contributed by atoms with Gasteiger partial charge in [0.25, 0.3) is 0 Å². The number of carbonyl (C=O) groups excluding carboxylic acids is 1. The highest BCUT2D eigenvalue weighted by Crippen LogP contribution is 2.41. The lowest BCUT2D eigenvalue weighted by atomic mass is 9.71. The van der Waals surface area contributed by atoms with Gasteiger partial charge in [-0.05, 0) is 43.4 Å². The van der Waals surface area contributed by atoms with Gasteiger partial charge in [-0.25, -0.2) is 0 Å². The normalized spacial score (nSPS) is 20.9. The van der Waals surface area contributed by atoms with Gasteiger partial charge in [-0.15, -0.1) is 0 Å². The topological polar surface area (TPSA) is 64.3 Å². The fourth-order valence-electron chi connectivity index (χ4n) is 2.56. The Hall–Kier alpha value is -0.610. The predicted octanol–water partition coefficient (Wildman–Crippen LogP) is 2.46. The summed E-state index contributed by atoms with van der Waals surface area (Å²) in [7, 11) is 0. The second kappa shape index (κ2) is 7.41. The maximum Gasteiger partial charge on any atom is 0.246 e. The van der Waals surface area contributed by atoms with Gasteiger partial charge in [0.15, 0.2) is 0 Å². The summed E-state index contributed by atoms with van der Waals surface area (Å²) in [6, 6.07) is 0. The lowest BCUT2D eigenvalue weighted by Crippen LogP contribution is -2.47. The zero-order chi connectivity index (χ0) is 15.2. The first-order chi connectivity index (χ1) is 9.29. The molecule has 0 aromatic heterocycles. The second-order valence-electron chi connectivity index (χ2n) is 7.37. The largest absolute Gasteiger partial charge is 0.364 e. The van der Waals surface area contributed by atoms with E-state index in [1.54, 1.807) is 0 Å². The van der Waals surface area contributed by atoms with Gasteiger partial charge < -0.3 is 15.8 Å². The minimum absolute atomic E-state index is 0.0247. The summed E-state index contributed by atoms with van der Waals surface area (Å²) in [6.45, 7) is 10.2. The number of ether oxygens (including phenoxy) is 1. The van der Waals surface area contributed by atoms with E-state index in [2.05, 4.69) is 33.0 Å². The monoisotopic (exact) mass is 284 g/mol. The van der Waals surface area contributed by atoms with Gasteiger partial charge in [-0.2, -0.15) is 0 Å². The van der Waals surface area contributed by atoms with Gasteiger partial charge in [0, 0.05) is 13.1 Å². The van der Waals surface area contributed by atoms with Crippen LogP contribution < -0.4 is 11.1 Å². The van der Waals surface area contributed by atoms with Crippen LogP contribution in [-0.4, -0.2) is 31.2 Å². The Kier molecular flexibility index (Phi) is 6.46. The molecule has 0 aromatic rings. The Morgan fingerprint density at radius 3 is 2.35 bits per heavy atom. The van der Waals surface area contributed by atoms with E-state index in [0.29, 0.717) is 17.9 Å². The molecule has 0 saturated heterocycles. The third-order valence-corrected chi connectivity index (χ3v) is 4.44. The maximum absolute atomic E-state index is 11.8. The summed E-state index contributed by atoms with van der Waals surface area (Å²) in [5.74, 6) is 0.579. The summed E-state index contributed by atoms with van der Waals surface area (Å²) in [6.07, 6.45) is 5.13. The van der Waals surface area contributed by atoms with Gasteiger partial charge in [0.1, 0.15) is 6.61 Å². The molecule has 0 heterocycles. The number of nitrogens with two attached hydrogens (primary N) is 1. The maximum atomic E-state index is 11.8. The first kappa shape index (κ1) is 17.4. The quantitative estimate of drug-likeness (QED) is 0.755. The van der Waals surface area contributed by atoms with E-state index in [1.165, 1.54) is 0 Å². The van der Waals surface area contributed by atoms with Crippen LogP contribution in [0.1, 0.15) is 59.8 Å². The molecule has 118 valence electrons. The Bertz CT molecular complexity index is 304. The SMILES string of the molecule is CC(C)CCNC(=O)COC1(CN)CCC(C)(C)CC1. The van der Waals surface area contributed by atoms with Crippen LogP contribution in [0.4, 0.5) is 0 Å². The molecule has 1 amide bonds. The van der Waals surface area contributed by atoms with Crippen LogP contribution in [0.15, 0.2) is 0 Å². The number of rotatable bonds is 7. The van der Waals surface area contributed by atoms with E-state index in [4.69, 9.17) is 10.5 Å². The van der Waals surface area contributed by atoms with Crippen LogP contribution >= 0.6 is 0 Å². The van der Waals surface area contributed by atoms with E-state index in [0.717, 1.165) is 38.6 Å². The molecule has 1 saturated carbocycles. The molecule has 4 nitrogen and oxygen atoms in total. The summed E-state index contributed by atoms with van der Waals surface area (Å²) in [5.41, 5.74) is 5.99. The van der Waals surface area contributed by atoms with Crippen molar-refractivity contribution in [2.24, 2.45) is 17.1 Å². The first-order valence-corrected chi connectivity index (χ1v) is 7.89. The second-order valence-corrected chi connectivity index (χ2v) is 7.37. The Balaban J connectivity index is 2.33. The molecule has 1 aliphatic rings. The molecule has 1 fully saturated rings. The molecule has 0 aliphatic heterocycles. The summed E-state index contributed by atoms with van der Waals surface area (Å²) < 4.78 is 5.90. The molecule has 0 unspecified atom stereocenters. The van der Waals surface area contributed by atoms with Crippen LogP contribution in [0, 0.1) is 11.3 Å². The van der Waals surface area contributed by atoms with Crippen LogP contribution in [-0.2, 0) is 9.53 Å². The van der Waals surface area contributed by atoms with Crippen molar-refractivity contribution in [3.63, 3.8) is 0 Å². The van der Waals surface area contributed by atoms with E-state index in [9.17, 15) is 4.79 Å². The van der Waals surface area contributed by atoms with E-state index < -0.39 is 0 Å². The summed E-state index contributed by atoms with van der Waals surface area (Å²) >= 11 is 0. The molecule has 20 heavy (non-hydrogen) atoms. The third-order valence-electron chi connectivity index (χ3n) is 4.44. The van der Waals surface area contributed by atoms with E-state index >= 15 is 0 Å². The minimum Gasteiger partial charge on any atom is -0.364 e. The number of nitrogens with one attached hydrogen (secondary N) is 1. The summed E-state index contributed by atoms with van der Waals surface area (Å²) in [4.78, 5) is 11.8. The number of carbonyl (C=O) groups is 1. The number of hydrogen-bond acceptors (Lipinski definition) is 3. The van der Waals surface area contributed by atoms with Crippen LogP contribution in [0.3, 0.4) is 0 Å². The molecule has 0 aromatic carbocycles. The fourth-order valence-corrected chi connectivity index (χ4v) is 2.56. The summed E-state index contributed by atoms with van der Waals surface area (Å²) in [5, 5.41) is 2.91. The van der Waals surface area contributed by atoms with Crippen molar-refractivity contribution in [2.45, 2.75) is 65.4 Å². The molecular weight excluding hydrogens is 252 g/mol. The van der Waals surface area contributed by atoms with Crippen molar-refractivity contribution in [3.8, 4) is 0 Å². The van der Waals surface area contributed by atoms with Crippen molar-refractivity contribution in [3.05, 3.63) is 0 Å². The van der Waals surface area contributed by atoms with Crippen molar-refractivity contribution in [1.29, 1.82) is 0 Å². The fraction of sp³-hybridized carbons (Fsp3) is 0.938.